The average Bonchev–Trinajstić information content (AvgIpc) is 1.84. The van der Waals surface area contributed by atoms with Crippen LogP contribution in [0.4, 0.5) is 4.79 Å². The number of nitrogens with one attached hydrogen (secondary N) is 2. The Labute approximate surface area is 71.9 Å². The Balaban J connectivity index is 3.68. The molecule has 0 aromatic heterocycles. The van der Waals surface area contributed by atoms with Gasteiger partial charge >= 0.3 is 6.09 Å². The smallest absolute Gasteiger partial charge is 0.411 e. The number of rotatable bonds is 2. The summed E-state index contributed by atoms with van der Waals surface area (Å²) in [6, 6.07) is 0. The highest BCUT2D eigenvalue weighted by molar-refractivity contribution is 5.68. The van der Waals surface area contributed by atoms with E-state index in [9.17, 15) is 4.79 Å². The highest BCUT2D eigenvalue weighted by Crippen LogP contribution is 2.05. The summed E-state index contributed by atoms with van der Waals surface area (Å²) in [5, 5.41) is 2.36. The Bertz CT molecular complexity index is 172. The van der Waals surface area contributed by atoms with Gasteiger partial charge in [-0.05, 0) is 20.8 Å². The van der Waals surface area contributed by atoms with Crippen LogP contribution in [-0.4, -0.2) is 11.7 Å². The van der Waals surface area contributed by atoms with Crippen LogP contribution < -0.4 is 16.6 Å². The van der Waals surface area contributed by atoms with Crippen molar-refractivity contribution in [3.05, 3.63) is 12.4 Å². The van der Waals surface area contributed by atoms with E-state index < -0.39 is 11.7 Å². The molecular weight excluding hydrogens is 158 g/mol. The average molecular weight is 173 g/mol. The molecule has 12 heavy (non-hydrogen) atoms. The fraction of sp³-hybridized carbons (Fsp3) is 0.571. The maximum atomic E-state index is 10.9. The molecule has 0 aromatic rings. The quantitative estimate of drug-likeness (QED) is 0.418. The van der Waals surface area contributed by atoms with Crippen LogP contribution in [0.15, 0.2) is 12.4 Å². The third-order valence-electron chi connectivity index (χ3n) is 0.780. The Morgan fingerprint density at radius 1 is 1.42 bits per heavy atom. The van der Waals surface area contributed by atoms with Crippen LogP contribution in [0.5, 0.6) is 0 Å². The molecule has 5 nitrogen and oxygen atoms in total. The molecule has 0 saturated heterocycles. The molecule has 0 radical (unpaired) electrons. The van der Waals surface area contributed by atoms with Crippen molar-refractivity contribution in [2.75, 3.05) is 0 Å². The van der Waals surface area contributed by atoms with Crippen LogP contribution in [0.2, 0.25) is 0 Å². The predicted octanol–water partition coefficient (Wildman–Crippen LogP) is 0.446. The van der Waals surface area contributed by atoms with Crippen LogP contribution in [0.3, 0.4) is 0 Å². The minimum Gasteiger partial charge on any atom is -0.444 e. The molecule has 0 aliphatic rings. The molecule has 0 aromatic carbocycles. The van der Waals surface area contributed by atoms with E-state index in [4.69, 9.17) is 10.6 Å². The third-order valence-corrected chi connectivity index (χ3v) is 0.780. The number of nitrogens with two attached hydrogens (primary N) is 1. The van der Waals surface area contributed by atoms with Crippen molar-refractivity contribution in [2.45, 2.75) is 26.4 Å². The van der Waals surface area contributed by atoms with Crippen LogP contribution >= 0.6 is 0 Å². The molecule has 0 unspecified atom stereocenters. The molecule has 70 valence electrons. The first-order chi connectivity index (χ1) is 5.45. The van der Waals surface area contributed by atoms with E-state index in [-0.39, 0.29) is 0 Å². The van der Waals surface area contributed by atoms with Gasteiger partial charge in [0, 0.05) is 12.4 Å². The lowest BCUT2D eigenvalue weighted by molar-refractivity contribution is 0.0552. The molecule has 0 spiro atoms. The molecule has 0 atom stereocenters. The van der Waals surface area contributed by atoms with Crippen molar-refractivity contribution in [3.63, 3.8) is 0 Å². The monoisotopic (exact) mass is 173 g/mol. The number of amides is 1. The van der Waals surface area contributed by atoms with Gasteiger partial charge in [-0.15, -0.1) is 0 Å². The zero-order valence-electron chi connectivity index (χ0n) is 7.55. The Kier molecular flexibility index (Phi) is 4.14. The van der Waals surface area contributed by atoms with Gasteiger partial charge in [0.2, 0.25) is 0 Å². The van der Waals surface area contributed by atoms with Gasteiger partial charge in [-0.2, -0.15) is 0 Å². The van der Waals surface area contributed by atoms with Gasteiger partial charge in [0.05, 0.1) is 0 Å². The summed E-state index contributed by atoms with van der Waals surface area (Å²) in [5.74, 6) is 4.91. The second-order valence-corrected chi connectivity index (χ2v) is 3.15. The van der Waals surface area contributed by atoms with Crippen molar-refractivity contribution >= 4 is 6.09 Å². The number of carbonyl (C=O) groups excluding carboxylic acids is 1. The summed E-state index contributed by atoms with van der Waals surface area (Å²) in [4.78, 5) is 10.9. The number of ether oxygens (including phenoxy) is 1. The van der Waals surface area contributed by atoms with E-state index in [0.29, 0.717) is 0 Å². The van der Waals surface area contributed by atoms with Gasteiger partial charge in [0.25, 0.3) is 0 Å². The van der Waals surface area contributed by atoms with Crippen molar-refractivity contribution < 1.29 is 9.53 Å². The maximum Gasteiger partial charge on any atom is 0.411 e. The van der Waals surface area contributed by atoms with E-state index in [2.05, 4.69) is 10.7 Å². The zero-order chi connectivity index (χ0) is 9.61. The molecule has 4 N–H and O–H groups in total. The van der Waals surface area contributed by atoms with Crippen LogP contribution in [0, 0.1) is 0 Å². The molecule has 0 fully saturated rings. The minimum atomic E-state index is -0.506. The summed E-state index contributed by atoms with van der Waals surface area (Å²) in [6.45, 7) is 5.37. The number of hydrogen-bond acceptors (Lipinski definition) is 4. The van der Waals surface area contributed by atoms with E-state index in [1.54, 1.807) is 20.8 Å². The first-order valence-electron chi connectivity index (χ1n) is 3.56. The van der Waals surface area contributed by atoms with Crippen LogP contribution in [0.1, 0.15) is 20.8 Å². The highest BCUT2D eigenvalue weighted by atomic mass is 16.6. The third kappa shape index (κ3) is 6.88. The summed E-state index contributed by atoms with van der Waals surface area (Å²) in [6.07, 6.45) is 2.23. The molecule has 0 rings (SSSR count). The topological polar surface area (TPSA) is 76.4 Å². The lowest BCUT2D eigenvalue weighted by Crippen LogP contribution is -2.30. The molecule has 0 saturated carbocycles. The van der Waals surface area contributed by atoms with Gasteiger partial charge in [-0.1, -0.05) is 0 Å². The zero-order valence-corrected chi connectivity index (χ0v) is 7.55. The standard InChI is InChI=1S/C7H15N3O2/c1-7(2,3)12-6(11)9-4-5-10-8/h4-5,10H,8H2,1-3H3,(H,9,11)/b5-4-. The minimum absolute atomic E-state index is 0.478. The molecule has 1 amide bonds. The molecular formula is C7H15N3O2. The SMILES string of the molecule is CC(C)(C)OC(=O)N/C=C\NN. The van der Waals surface area contributed by atoms with Crippen LogP contribution in [-0.2, 0) is 4.74 Å². The first-order valence-corrected chi connectivity index (χ1v) is 3.56. The summed E-state index contributed by atoms with van der Waals surface area (Å²) >= 11 is 0. The van der Waals surface area contributed by atoms with E-state index in [1.165, 1.54) is 12.4 Å². The lowest BCUT2D eigenvalue weighted by atomic mass is 10.2. The summed E-state index contributed by atoms with van der Waals surface area (Å²) < 4.78 is 4.91. The lowest BCUT2D eigenvalue weighted by Gasteiger charge is -2.18. The Morgan fingerprint density at radius 3 is 2.42 bits per heavy atom. The number of carbonyl (C=O) groups is 1. The van der Waals surface area contributed by atoms with Crippen molar-refractivity contribution in [2.24, 2.45) is 5.84 Å². The Morgan fingerprint density at radius 2 is 2.00 bits per heavy atom. The summed E-state index contributed by atoms with van der Waals surface area (Å²) in [7, 11) is 0. The van der Waals surface area contributed by atoms with Crippen molar-refractivity contribution in [1.29, 1.82) is 0 Å². The molecule has 0 heterocycles. The largest absolute Gasteiger partial charge is 0.444 e. The second-order valence-electron chi connectivity index (χ2n) is 3.15. The van der Waals surface area contributed by atoms with Crippen LogP contribution in [0.25, 0.3) is 0 Å². The molecule has 0 bridgehead atoms. The van der Waals surface area contributed by atoms with Gasteiger partial charge < -0.3 is 10.2 Å². The number of hydrogen-bond donors (Lipinski definition) is 3. The van der Waals surface area contributed by atoms with Gasteiger partial charge in [-0.25, -0.2) is 4.79 Å². The van der Waals surface area contributed by atoms with E-state index in [0.717, 1.165) is 0 Å². The normalized spacial score (nSPS) is 11.3. The fourth-order valence-corrected chi connectivity index (χ4v) is 0.465. The predicted molar refractivity (Wildman–Crippen MR) is 45.8 cm³/mol. The first kappa shape index (κ1) is 10.8. The van der Waals surface area contributed by atoms with Crippen molar-refractivity contribution in [3.8, 4) is 0 Å². The van der Waals surface area contributed by atoms with Gasteiger partial charge in [-0.3, -0.25) is 11.2 Å². The molecule has 0 aliphatic heterocycles. The van der Waals surface area contributed by atoms with E-state index >= 15 is 0 Å². The number of alkyl carbamates (subject to hydrolysis) is 1. The Hall–Kier alpha value is -1.23. The van der Waals surface area contributed by atoms with Crippen molar-refractivity contribution in [1.82, 2.24) is 10.7 Å². The second kappa shape index (κ2) is 4.61. The van der Waals surface area contributed by atoms with Gasteiger partial charge in [0.15, 0.2) is 0 Å². The number of hydrazine groups is 1. The maximum absolute atomic E-state index is 10.9. The molecule has 5 heteroatoms. The van der Waals surface area contributed by atoms with Gasteiger partial charge in [0.1, 0.15) is 5.60 Å². The fourth-order valence-electron chi connectivity index (χ4n) is 0.465. The molecule has 0 aliphatic carbocycles. The van der Waals surface area contributed by atoms with E-state index in [1.807, 2.05) is 0 Å². The highest BCUT2D eigenvalue weighted by Gasteiger charge is 2.14. The summed E-state index contributed by atoms with van der Waals surface area (Å²) in [5.41, 5.74) is 1.76.